The molecule has 3 rings (SSSR count). The molecule has 1 N–H and O–H groups in total. The number of pyridine rings is 1. The molecule has 2 aromatic carbocycles. The quantitative estimate of drug-likeness (QED) is 0.748. The summed E-state index contributed by atoms with van der Waals surface area (Å²) in [5.74, 6) is 0.679. The van der Waals surface area contributed by atoms with Crippen LogP contribution in [0, 0.1) is 0 Å². The number of carbonyl (C=O) groups excluding carboxylic acids is 1. The molecule has 1 amide bonds. The minimum atomic E-state index is -0.194. The Balaban J connectivity index is 1.64. The molecule has 0 aliphatic rings. The van der Waals surface area contributed by atoms with Gasteiger partial charge in [-0.3, -0.25) is 9.78 Å². The highest BCUT2D eigenvalue weighted by molar-refractivity contribution is 5.88. The standard InChI is InChI=1S/C21H22N2O2/c1-15(21(24)23-11-9-16-4-3-10-22-14-16)17-5-6-19-13-20(25-2)8-7-18(19)12-17/h3-8,10,12-15H,9,11H2,1-2H3,(H,23,24)/t15-/m0/s1. The summed E-state index contributed by atoms with van der Waals surface area (Å²) < 4.78 is 5.25. The second kappa shape index (κ2) is 7.79. The van der Waals surface area contributed by atoms with Crippen molar-refractivity contribution < 1.29 is 9.53 Å². The van der Waals surface area contributed by atoms with Crippen LogP contribution in [-0.4, -0.2) is 24.5 Å². The SMILES string of the molecule is COc1ccc2cc([C@H](C)C(=O)NCCc3cccnc3)ccc2c1. The highest BCUT2D eigenvalue weighted by Gasteiger charge is 2.15. The van der Waals surface area contributed by atoms with Gasteiger partial charge in [-0.2, -0.15) is 0 Å². The lowest BCUT2D eigenvalue weighted by molar-refractivity contribution is -0.122. The van der Waals surface area contributed by atoms with Crippen LogP contribution in [0.25, 0.3) is 10.8 Å². The third-order valence-electron chi connectivity index (χ3n) is 4.40. The lowest BCUT2D eigenvalue weighted by Gasteiger charge is -2.14. The van der Waals surface area contributed by atoms with Crippen molar-refractivity contribution in [3.05, 3.63) is 72.1 Å². The molecule has 0 aliphatic carbocycles. The number of carbonyl (C=O) groups is 1. The largest absolute Gasteiger partial charge is 0.497 e. The van der Waals surface area contributed by atoms with Crippen molar-refractivity contribution in [2.24, 2.45) is 0 Å². The van der Waals surface area contributed by atoms with E-state index in [1.54, 1.807) is 13.3 Å². The summed E-state index contributed by atoms with van der Waals surface area (Å²) in [6.45, 7) is 2.55. The van der Waals surface area contributed by atoms with Gasteiger partial charge >= 0.3 is 0 Å². The van der Waals surface area contributed by atoms with Gasteiger partial charge in [0.05, 0.1) is 13.0 Å². The van der Waals surface area contributed by atoms with Crippen LogP contribution >= 0.6 is 0 Å². The molecule has 0 saturated heterocycles. The van der Waals surface area contributed by atoms with E-state index in [9.17, 15) is 4.79 Å². The number of rotatable bonds is 6. The summed E-state index contributed by atoms with van der Waals surface area (Å²) >= 11 is 0. The number of nitrogens with one attached hydrogen (secondary N) is 1. The molecule has 25 heavy (non-hydrogen) atoms. The van der Waals surface area contributed by atoms with E-state index in [2.05, 4.69) is 16.4 Å². The topological polar surface area (TPSA) is 51.2 Å². The van der Waals surface area contributed by atoms with Crippen LogP contribution in [0.15, 0.2) is 60.9 Å². The van der Waals surface area contributed by atoms with Crippen LogP contribution in [0.3, 0.4) is 0 Å². The molecule has 0 aliphatic heterocycles. The summed E-state index contributed by atoms with van der Waals surface area (Å²) in [6, 6.07) is 16.0. The number of ether oxygens (including phenoxy) is 1. The lowest BCUT2D eigenvalue weighted by atomic mass is 9.97. The average Bonchev–Trinajstić information content (AvgIpc) is 2.67. The minimum absolute atomic E-state index is 0.0387. The van der Waals surface area contributed by atoms with Crippen LogP contribution < -0.4 is 10.1 Å². The van der Waals surface area contributed by atoms with Gasteiger partial charge in [-0.1, -0.05) is 30.3 Å². The number of fused-ring (bicyclic) bond motifs is 1. The van der Waals surface area contributed by atoms with Gasteiger partial charge < -0.3 is 10.1 Å². The monoisotopic (exact) mass is 334 g/mol. The predicted octanol–water partition coefficient (Wildman–Crippen LogP) is 3.71. The van der Waals surface area contributed by atoms with Crippen molar-refractivity contribution in [3.8, 4) is 5.75 Å². The Bertz CT molecular complexity index is 862. The Morgan fingerprint density at radius 3 is 2.72 bits per heavy atom. The Hall–Kier alpha value is -2.88. The smallest absolute Gasteiger partial charge is 0.227 e. The molecule has 1 aromatic heterocycles. The lowest BCUT2D eigenvalue weighted by Crippen LogP contribution is -2.29. The van der Waals surface area contributed by atoms with Crippen molar-refractivity contribution in [3.63, 3.8) is 0 Å². The maximum absolute atomic E-state index is 12.4. The highest BCUT2D eigenvalue weighted by atomic mass is 16.5. The number of nitrogens with zero attached hydrogens (tertiary/aromatic N) is 1. The normalized spacial score (nSPS) is 11.9. The molecule has 4 nitrogen and oxygen atoms in total. The van der Waals surface area contributed by atoms with E-state index in [1.165, 1.54) is 0 Å². The second-order valence-corrected chi connectivity index (χ2v) is 6.10. The molecule has 0 unspecified atom stereocenters. The Morgan fingerprint density at radius 2 is 1.96 bits per heavy atom. The van der Waals surface area contributed by atoms with Gasteiger partial charge in [-0.25, -0.2) is 0 Å². The first kappa shape index (κ1) is 17.0. The molecule has 0 saturated carbocycles. The van der Waals surface area contributed by atoms with Crippen molar-refractivity contribution in [1.29, 1.82) is 0 Å². The van der Waals surface area contributed by atoms with E-state index in [4.69, 9.17) is 4.74 Å². The first-order valence-corrected chi connectivity index (χ1v) is 8.41. The van der Waals surface area contributed by atoms with Crippen molar-refractivity contribution >= 4 is 16.7 Å². The molecule has 1 atom stereocenters. The number of methoxy groups -OCH3 is 1. The van der Waals surface area contributed by atoms with Gasteiger partial charge in [0.25, 0.3) is 0 Å². The van der Waals surface area contributed by atoms with E-state index in [0.717, 1.165) is 34.1 Å². The summed E-state index contributed by atoms with van der Waals surface area (Å²) in [5, 5.41) is 5.22. The third-order valence-corrected chi connectivity index (χ3v) is 4.40. The Morgan fingerprint density at radius 1 is 1.16 bits per heavy atom. The van der Waals surface area contributed by atoms with Gasteiger partial charge in [0, 0.05) is 18.9 Å². The first-order chi connectivity index (χ1) is 12.2. The number of aromatic nitrogens is 1. The van der Waals surface area contributed by atoms with Crippen LogP contribution in [0.4, 0.5) is 0 Å². The maximum atomic E-state index is 12.4. The highest BCUT2D eigenvalue weighted by Crippen LogP contribution is 2.25. The van der Waals surface area contributed by atoms with Gasteiger partial charge in [0.2, 0.25) is 5.91 Å². The average molecular weight is 334 g/mol. The molecule has 4 heteroatoms. The first-order valence-electron chi connectivity index (χ1n) is 8.41. The maximum Gasteiger partial charge on any atom is 0.227 e. The van der Waals surface area contributed by atoms with Gasteiger partial charge in [-0.15, -0.1) is 0 Å². The minimum Gasteiger partial charge on any atom is -0.497 e. The van der Waals surface area contributed by atoms with Crippen molar-refractivity contribution in [1.82, 2.24) is 10.3 Å². The van der Waals surface area contributed by atoms with Gasteiger partial charge in [0.1, 0.15) is 5.75 Å². The fraction of sp³-hybridized carbons (Fsp3) is 0.238. The van der Waals surface area contributed by atoms with E-state index >= 15 is 0 Å². The molecule has 0 bridgehead atoms. The van der Waals surface area contributed by atoms with E-state index in [-0.39, 0.29) is 11.8 Å². The zero-order valence-corrected chi connectivity index (χ0v) is 14.5. The van der Waals surface area contributed by atoms with Crippen LogP contribution in [0.5, 0.6) is 5.75 Å². The number of benzene rings is 2. The Labute approximate surface area is 147 Å². The number of hydrogen-bond acceptors (Lipinski definition) is 3. The predicted molar refractivity (Wildman–Crippen MR) is 99.9 cm³/mol. The molecule has 0 fully saturated rings. The third kappa shape index (κ3) is 4.15. The molecule has 0 spiro atoms. The van der Waals surface area contributed by atoms with Crippen LogP contribution in [0.1, 0.15) is 24.0 Å². The summed E-state index contributed by atoms with van der Waals surface area (Å²) in [4.78, 5) is 16.5. The summed E-state index contributed by atoms with van der Waals surface area (Å²) in [7, 11) is 1.66. The van der Waals surface area contributed by atoms with Gasteiger partial charge in [0.15, 0.2) is 0 Å². The van der Waals surface area contributed by atoms with Crippen LogP contribution in [0.2, 0.25) is 0 Å². The van der Waals surface area contributed by atoms with E-state index in [0.29, 0.717) is 6.54 Å². The molecular weight excluding hydrogens is 312 g/mol. The van der Waals surface area contributed by atoms with Crippen molar-refractivity contribution in [2.45, 2.75) is 19.3 Å². The molecule has 3 aromatic rings. The molecule has 0 radical (unpaired) electrons. The van der Waals surface area contributed by atoms with Crippen LogP contribution in [-0.2, 0) is 11.2 Å². The Kier molecular flexibility index (Phi) is 5.29. The second-order valence-electron chi connectivity index (χ2n) is 6.10. The van der Waals surface area contributed by atoms with E-state index in [1.807, 2.05) is 55.6 Å². The fourth-order valence-electron chi connectivity index (χ4n) is 2.82. The summed E-state index contributed by atoms with van der Waals surface area (Å²) in [5.41, 5.74) is 2.13. The molecular formula is C21H22N2O2. The fourth-order valence-corrected chi connectivity index (χ4v) is 2.82. The van der Waals surface area contributed by atoms with Gasteiger partial charge in [-0.05, 0) is 53.4 Å². The number of amides is 1. The van der Waals surface area contributed by atoms with E-state index < -0.39 is 0 Å². The molecule has 128 valence electrons. The zero-order chi connectivity index (χ0) is 17.6. The molecule has 1 heterocycles. The zero-order valence-electron chi connectivity index (χ0n) is 14.5. The van der Waals surface area contributed by atoms with Crippen molar-refractivity contribution in [2.75, 3.05) is 13.7 Å². The summed E-state index contributed by atoms with van der Waals surface area (Å²) in [6.07, 6.45) is 4.36. The number of hydrogen-bond donors (Lipinski definition) is 1.